The fourth-order valence-electron chi connectivity index (χ4n) is 2.77. The number of hydrogen-bond donors (Lipinski definition) is 1. The molecule has 2 amide bonds. The summed E-state index contributed by atoms with van der Waals surface area (Å²) >= 11 is 8.37. The number of anilines is 2. The topological polar surface area (TPSA) is 75.7 Å². The van der Waals surface area contributed by atoms with Gasteiger partial charge in [0.25, 0.3) is 11.8 Å². The minimum atomic E-state index is -0.622. The quantitative estimate of drug-likeness (QED) is 0.340. The van der Waals surface area contributed by atoms with Crippen LogP contribution in [0.2, 0.25) is 0 Å². The van der Waals surface area contributed by atoms with Gasteiger partial charge in [-0.2, -0.15) is 0 Å². The van der Waals surface area contributed by atoms with E-state index in [1.54, 1.807) is 0 Å². The average molecular weight is 525 g/mol. The van der Waals surface area contributed by atoms with Crippen molar-refractivity contribution < 1.29 is 19.1 Å². The normalized spacial score (nSPS) is 13.9. The Hall–Kier alpha value is -2.39. The summed E-state index contributed by atoms with van der Waals surface area (Å²) in [5.74, 6) is -1.63. The van der Waals surface area contributed by atoms with Crippen LogP contribution in [-0.4, -0.2) is 24.4 Å². The lowest BCUT2D eigenvalue weighted by molar-refractivity contribution is -0.120. The molecule has 0 bridgehead atoms. The third-order valence-electron chi connectivity index (χ3n) is 4.27. The van der Waals surface area contributed by atoms with Crippen molar-refractivity contribution in [1.29, 1.82) is 0 Å². The highest BCUT2D eigenvalue weighted by molar-refractivity contribution is 14.1. The molecule has 0 fully saturated rings. The molecule has 0 spiro atoms. The van der Waals surface area contributed by atoms with E-state index in [1.807, 2.05) is 32.0 Å². The molecular formula is C21H18ClIN2O4. The number of amides is 2. The predicted octanol–water partition coefficient (Wildman–Crippen LogP) is 4.60. The third-order valence-corrected chi connectivity index (χ3v) is 5.30. The van der Waals surface area contributed by atoms with Crippen LogP contribution in [0.1, 0.15) is 29.3 Å². The van der Waals surface area contributed by atoms with Crippen molar-refractivity contribution in [2.75, 3.05) is 16.8 Å². The Bertz CT molecular complexity index is 1020. The molecule has 0 saturated carbocycles. The number of ether oxygens (including phenoxy) is 1. The predicted molar refractivity (Wildman–Crippen MR) is 120 cm³/mol. The molecule has 8 heteroatoms. The summed E-state index contributed by atoms with van der Waals surface area (Å²) in [7, 11) is 0. The molecule has 6 nitrogen and oxygen atoms in total. The van der Waals surface area contributed by atoms with Crippen LogP contribution in [0.5, 0.6) is 0 Å². The maximum absolute atomic E-state index is 12.9. The number of esters is 1. The van der Waals surface area contributed by atoms with Gasteiger partial charge in [0.15, 0.2) is 0 Å². The molecule has 2 aromatic rings. The molecule has 1 N–H and O–H groups in total. The molecule has 0 aromatic heterocycles. The molecule has 0 saturated heterocycles. The molecule has 0 atom stereocenters. The van der Waals surface area contributed by atoms with Crippen LogP contribution in [0.25, 0.3) is 0 Å². The van der Waals surface area contributed by atoms with Gasteiger partial charge in [-0.3, -0.25) is 9.59 Å². The molecule has 0 aliphatic carbocycles. The van der Waals surface area contributed by atoms with E-state index in [-0.39, 0.29) is 10.7 Å². The first kappa shape index (κ1) is 21.3. The van der Waals surface area contributed by atoms with Crippen LogP contribution < -0.4 is 10.2 Å². The molecule has 1 aliphatic rings. The van der Waals surface area contributed by atoms with E-state index >= 15 is 0 Å². The van der Waals surface area contributed by atoms with E-state index < -0.39 is 17.8 Å². The zero-order valence-corrected chi connectivity index (χ0v) is 18.7. The van der Waals surface area contributed by atoms with E-state index in [0.29, 0.717) is 23.5 Å². The Morgan fingerprint density at radius 3 is 2.45 bits per heavy atom. The second-order valence-electron chi connectivity index (χ2n) is 6.40. The SMILES string of the molecule is CCCOC(=O)c1ccc(N2C(=O)C(Cl)=C(Nc3ccc(I)cc3C)C2=O)cc1. The summed E-state index contributed by atoms with van der Waals surface area (Å²) in [5, 5.41) is 2.80. The number of carbonyl (C=O) groups excluding carboxylic acids is 3. The van der Waals surface area contributed by atoms with Crippen LogP contribution in [0, 0.1) is 10.5 Å². The van der Waals surface area contributed by atoms with E-state index in [0.717, 1.165) is 20.5 Å². The second-order valence-corrected chi connectivity index (χ2v) is 8.03. The van der Waals surface area contributed by atoms with Gasteiger partial charge in [0.2, 0.25) is 0 Å². The van der Waals surface area contributed by atoms with Crippen molar-refractivity contribution in [2.45, 2.75) is 20.3 Å². The van der Waals surface area contributed by atoms with Crippen LogP contribution in [0.3, 0.4) is 0 Å². The minimum Gasteiger partial charge on any atom is -0.462 e. The number of rotatable bonds is 6. The first-order chi connectivity index (χ1) is 13.8. The molecule has 0 radical (unpaired) electrons. The maximum atomic E-state index is 12.9. The van der Waals surface area contributed by atoms with Gasteiger partial charge < -0.3 is 10.1 Å². The average Bonchev–Trinajstić information content (AvgIpc) is 2.91. The van der Waals surface area contributed by atoms with E-state index in [4.69, 9.17) is 16.3 Å². The Labute approximate surface area is 187 Å². The summed E-state index contributed by atoms with van der Waals surface area (Å²) in [6, 6.07) is 11.7. The maximum Gasteiger partial charge on any atom is 0.338 e. The smallest absolute Gasteiger partial charge is 0.338 e. The lowest BCUT2D eigenvalue weighted by Gasteiger charge is -2.16. The second kappa shape index (κ2) is 8.96. The summed E-state index contributed by atoms with van der Waals surface area (Å²) < 4.78 is 6.13. The summed E-state index contributed by atoms with van der Waals surface area (Å²) in [6.07, 6.45) is 0.723. The first-order valence-electron chi connectivity index (χ1n) is 8.92. The largest absolute Gasteiger partial charge is 0.462 e. The van der Waals surface area contributed by atoms with Crippen LogP contribution in [-0.2, 0) is 14.3 Å². The molecule has 1 heterocycles. The number of carbonyl (C=O) groups is 3. The molecule has 29 heavy (non-hydrogen) atoms. The lowest BCUT2D eigenvalue weighted by Crippen LogP contribution is -2.32. The van der Waals surface area contributed by atoms with Gasteiger partial charge >= 0.3 is 5.97 Å². The van der Waals surface area contributed by atoms with Gasteiger partial charge in [0.1, 0.15) is 10.7 Å². The molecule has 1 aliphatic heterocycles. The summed E-state index contributed by atoms with van der Waals surface area (Å²) in [4.78, 5) is 38.4. The monoisotopic (exact) mass is 524 g/mol. The van der Waals surface area contributed by atoms with E-state index in [2.05, 4.69) is 27.9 Å². The van der Waals surface area contributed by atoms with Gasteiger partial charge in [-0.25, -0.2) is 9.69 Å². The van der Waals surface area contributed by atoms with Crippen LogP contribution in [0.4, 0.5) is 11.4 Å². The number of halogens is 2. The zero-order valence-electron chi connectivity index (χ0n) is 15.8. The standard InChI is InChI=1S/C21H18ClIN2O4/c1-3-10-29-21(28)13-4-7-15(8-5-13)25-19(26)17(22)18(20(25)27)24-16-9-6-14(23)11-12(16)2/h4-9,11,24H,3,10H2,1-2H3. The van der Waals surface area contributed by atoms with Gasteiger partial charge in [0.05, 0.1) is 17.9 Å². The molecule has 3 rings (SSSR count). The van der Waals surface area contributed by atoms with Gasteiger partial charge in [0, 0.05) is 9.26 Å². The minimum absolute atomic E-state index is 0.0207. The molecule has 150 valence electrons. The van der Waals surface area contributed by atoms with Gasteiger partial charge in [-0.05, 0) is 84.0 Å². The van der Waals surface area contributed by atoms with Crippen molar-refractivity contribution in [2.24, 2.45) is 0 Å². The summed E-state index contributed by atoms with van der Waals surface area (Å²) in [5.41, 5.74) is 2.29. The molecule has 2 aromatic carbocycles. The van der Waals surface area contributed by atoms with Crippen molar-refractivity contribution in [3.05, 3.63) is 67.9 Å². The lowest BCUT2D eigenvalue weighted by atomic mass is 10.2. The van der Waals surface area contributed by atoms with Crippen LogP contribution in [0.15, 0.2) is 53.2 Å². The summed E-state index contributed by atoms with van der Waals surface area (Å²) in [6.45, 7) is 4.13. The fraction of sp³-hybridized carbons (Fsp3) is 0.190. The number of nitrogens with one attached hydrogen (secondary N) is 1. The Balaban J connectivity index is 1.81. The first-order valence-corrected chi connectivity index (χ1v) is 10.4. The molecular weight excluding hydrogens is 507 g/mol. The van der Waals surface area contributed by atoms with Crippen molar-refractivity contribution in [3.8, 4) is 0 Å². The number of aryl methyl sites for hydroxylation is 1. The third kappa shape index (κ3) is 4.45. The number of imide groups is 1. The number of benzene rings is 2. The molecule has 0 unspecified atom stereocenters. The Morgan fingerprint density at radius 1 is 1.14 bits per heavy atom. The van der Waals surface area contributed by atoms with E-state index in [9.17, 15) is 14.4 Å². The van der Waals surface area contributed by atoms with Crippen molar-refractivity contribution >= 4 is 63.4 Å². The van der Waals surface area contributed by atoms with E-state index in [1.165, 1.54) is 24.3 Å². The van der Waals surface area contributed by atoms with Gasteiger partial charge in [-0.1, -0.05) is 18.5 Å². The van der Waals surface area contributed by atoms with Crippen LogP contribution >= 0.6 is 34.2 Å². The highest BCUT2D eigenvalue weighted by atomic mass is 127. The van der Waals surface area contributed by atoms with Crippen molar-refractivity contribution in [1.82, 2.24) is 0 Å². The van der Waals surface area contributed by atoms with Gasteiger partial charge in [-0.15, -0.1) is 0 Å². The number of hydrogen-bond acceptors (Lipinski definition) is 5. The highest BCUT2D eigenvalue weighted by Gasteiger charge is 2.39. The highest BCUT2D eigenvalue weighted by Crippen LogP contribution is 2.31. The Morgan fingerprint density at radius 2 is 1.83 bits per heavy atom. The fourth-order valence-corrected chi connectivity index (χ4v) is 3.63. The Kier molecular flexibility index (Phi) is 6.59. The number of nitrogens with zero attached hydrogens (tertiary/aromatic N) is 1. The van der Waals surface area contributed by atoms with Crippen molar-refractivity contribution in [3.63, 3.8) is 0 Å². The zero-order chi connectivity index (χ0) is 21.1.